The first-order chi connectivity index (χ1) is 11.2. The zero-order valence-corrected chi connectivity index (χ0v) is 16.3. The molecule has 0 amide bonds. The minimum Gasteiger partial charge on any atom is -0.366 e. The highest BCUT2D eigenvalue weighted by Gasteiger charge is 2.14. The molecule has 0 unspecified atom stereocenters. The van der Waals surface area contributed by atoms with E-state index in [2.05, 4.69) is 69.9 Å². The Bertz CT molecular complexity index is 725. The first kappa shape index (κ1) is 18.5. The van der Waals surface area contributed by atoms with Crippen LogP contribution in [-0.2, 0) is 5.41 Å². The minimum absolute atomic E-state index is 0.162. The molecule has 0 saturated carbocycles. The molecule has 2 rings (SSSR count). The van der Waals surface area contributed by atoms with Gasteiger partial charge in [0.1, 0.15) is 0 Å². The molecule has 24 heavy (non-hydrogen) atoms. The van der Waals surface area contributed by atoms with Crippen LogP contribution in [0.3, 0.4) is 0 Å². The molecule has 0 aromatic heterocycles. The van der Waals surface area contributed by atoms with Crippen LogP contribution in [0.5, 0.6) is 0 Å². The van der Waals surface area contributed by atoms with Crippen molar-refractivity contribution in [2.45, 2.75) is 40.0 Å². The number of aliphatic imine (C=N–C) groups is 1. The molecule has 2 nitrogen and oxygen atoms in total. The Kier molecular flexibility index (Phi) is 5.71. The minimum atomic E-state index is 0.162. The van der Waals surface area contributed by atoms with Gasteiger partial charge in [-0.15, -0.1) is 0 Å². The summed E-state index contributed by atoms with van der Waals surface area (Å²) in [4.78, 5) is 6.51. The largest absolute Gasteiger partial charge is 0.366 e. The SMILES string of the molecule is CCN(C)/C=N/c1cc(C)c(-c2ccc(C(C)(C)C)cc2)cc1Cl. The molecule has 0 bridgehead atoms. The molecule has 0 N–H and O–H groups in total. The quantitative estimate of drug-likeness (QED) is 0.475. The molecule has 0 atom stereocenters. The van der Waals surface area contributed by atoms with Crippen molar-refractivity contribution < 1.29 is 0 Å². The maximum absolute atomic E-state index is 6.45. The Labute approximate surface area is 151 Å². The van der Waals surface area contributed by atoms with E-state index >= 15 is 0 Å². The van der Waals surface area contributed by atoms with Crippen LogP contribution in [0.2, 0.25) is 5.02 Å². The van der Waals surface area contributed by atoms with E-state index in [4.69, 9.17) is 11.6 Å². The number of aryl methyl sites for hydroxylation is 1. The smallest absolute Gasteiger partial charge is 0.0910 e. The third-order valence-electron chi connectivity index (χ3n) is 4.25. The van der Waals surface area contributed by atoms with Crippen LogP contribution < -0.4 is 0 Å². The molecule has 3 heteroatoms. The molecule has 2 aromatic rings. The van der Waals surface area contributed by atoms with E-state index in [0.29, 0.717) is 5.02 Å². The second-order valence-corrected chi connectivity index (χ2v) is 7.67. The normalized spacial score (nSPS) is 12.0. The van der Waals surface area contributed by atoms with Crippen LogP contribution in [0, 0.1) is 6.92 Å². The van der Waals surface area contributed by atoms with E-state index in [1.54, 1.807) is 0 Å². The topological polar surface area (TPSA) is 15.6 Å². The number of nitrogens with zero attached hydrogens (tertiary/aromatic N) is 2. The molecule has 0 spiro atoms. The van der Waals surface area contributed by atoms with Gasteiger partial charge < -0.3 is 4.90 Å². The molecule has 0 aliphatic carbocycles. The van der Waals surface area contributed by atoms with E-state index in [9.17, 15) is 0 Å². The van der Waals surface area contributed by atoms with Gasteiger partial charge in [-0.05, 0) is 53.6 Å². The van der Waals surface area contributed by atoms with Crippen molar-refractivity contribution in [3.8, 4) is 11.1 Å². The lowest BCUT2D eigenvalue weighted by molar-refractivity contribution is 0.552. The fraction of sp³-hybridized carbons (Fsp3) is 0.381. The Hall–Kier alpha value is -1.80. The average molecular weight is 343 g/mol. The Morgan fingerprint density at radius 3 is 2.29 bits per heavy atom. The van der Waals surface area contributed by atoms with E-state index in [1.807, 2.05) is 24.4 Å². The van der Waals surface area contributed by atoms with Crippen molar-refractivity contribution in [1.29, 1.82) is 0 Å². The van der Waals surface area contributed by atoms with Crippen molar-refractivity contribution in [2.24, 2.45) is 4.99 Å². The molecule has 0 radical (unpaired) electrons. The van der Waals surface area contributed by atoms with Crippen molar-refractivity contribution in [1.82, 2.24) is 4.90 Å². The average Bonchev–Trinajstić information content (AvgIpc) is 2.54. The van der Waals surface area contributed by atoms with Gasteiger partial charge in [-0.3, -0.25) is 0 Å². The maximum atomic E-state index is 6.45. The second-order valence-electron chi connectivity index (χ2n) is 7.26. The van der Waals surface area contributed by atoms with Gasteiger partial charge in [0.15, 0.2) is 0 Å². The molecule has 0 fully saturated rings. The maximum Gasteiger partial charge on any atom is 0.0910 e. The first-order valence-corrected chi connectivity index (χ1v) is 8.75. The fourth-order valence-corrected chi connectivity index (χ4v) is 2.68. The standard InChI is InChI=1S/C21H27ClN2/c1-7-24(6)14-23-20-12-15(2)18(13-19(20)22)16-8-10-17(11-9-16)21(3,4)5/h8-14H,7H2,1-6H3/b23-14+. The predicted molar refractivity (Wildman–Crippen MR) is 107 cm³/mol. The number of hydrogen-bond donors (Lipinski definition) is 0. The lowest BCUT2D eigenvalue weighted by atomic mass is 9.86. The zero-order valence-electron chi connectivity index (χ0n) is 15.5. The molecule has 0 aliphatic heterocycles. The highest BCUT2D eigenvalue weighted by atomic mass is 35.5. The van der Waals surface area contributed by atoms with Crippen molar-refractivity contribution in [3.63, 3.8) is 0 Å². The predicted octanol–water partition coefficient (Wildman–Crippen LogP) is 6.22. The Balaban J connectivity index is 2.35. The van der Waals surface area contributed by atoms with Crippen molar-refractivity contribution in [3.05, 3.63) is 52.5 Å². The fourth-order valence-electron chi connectivity index (χ4n) is 2.47. The second kappa shape index (κ2) is 7.40. The summed E-state index contributed by atoms with van der Waals surface area (Å²) in [6, 6.07) is 12.8. The molecule has 0 heterocycles. The summed E-state index contributed by atoms with van der Waals surface area (Å²) in [5.74, 6) is 0. The highest BCUT2D eigenvalue weighted by Crippen LogP contribution is 2.34. The van der Waals surface area contributed by atoms with Crippen LogP contribution in [0.1, 0.15) is 38.8 Å². The summed E-state index contributed by atoms with van der Waals surface area (Å²) >= 11 is 6.45. The van der Waals surface area contributed by atoms with Crippen LogP contribution in [0.4, 0.5) is 5.69 Å². The lowest BCUT2D eigenvalue weighted by Crippen LogP contribution is -2.14. The number of rotatable bonds is 4. The zero-order chi connectivity index (χ0) is 17.9. The lowest BCUT2D eigenvalue weighted by Gasteiger charge is -2.19. The third kappa shape index (κ3) is 4.39. The van der Waals surface area contributed by atoms with Crippen molar-refractivity contribution in [2.75, 3.05) is 13.6 Å². The van der Waals surface area contributed by atoms with Gasteiger partial charge in [-0.25, -0.2) is 4.99 Å². The summed E-state index contributed by atoms with van der Waals surface area (Å²) in [6.07, 6.45) is 1.82. The number of halogens is 1. The van der Waals surface area contributed by atoms with Gasteiger partial charge in [0.25, 0.3) is 0 Å². The van der Waals surface area contributed by atoms with Gasteiger partial charge in [0.05, 0.1) is 17.0 Å². The van der Waals surface area contributed by atoms with Gasteiger partial charge in [-0.2, -0.15) is 0 Å². The molecule has 2 aromatic carbocycles. The summed E-state index contributed by atoms with van der Waals surface area (Å²) in [6.45, 7) is 11.8. The van der Waals surface area contributed by atoms with Crippen LogP contribution in [-0.4, -0.2) is 24.8 Å². The van der Waals surface area contributed by atoms with Gasteiger partial charge in [0, 0.05) is 13.6 Å². The van der Waals surface area contributed by atoms with E-state index < -0.39 is 0 Å². The highest BCUT2D eigenvalue weighted by molar-refractivity contribution is 6.33. The first-order valence-electron chi connectivity index (χ1n) is 8.38. The molecular formula is C21H27ClN2. The van der Waals surface area contributed by atoms with E-state index in [1.165, 1.54) is 16.7 Å². The molecular weight excluding hydrogens is 316 g/mol. The summed E-state index contributed by atoms with van der Waals surface area (Å²) in [5, 5.41) is 0.677. The van der Waals surface area contributed by atoms with Crippen LogP contribution >= 0.6 is 11.6 Å². The molecule has 0 saturated heterocycles. The Morgan fingerprint density at radius 1 is 1.12 bits per heavy atom. The monoisotopic (exact) mass is 342 g/mol. The number of hydrogen-bond acceptors (Lipinski definition) is 1. The summed E-state index contributed by atoms with van der Waals surface area (Å²) in [7, 11) is 2.00. The Morgan fingerprint density at radius 2 is 1.75 bits per heavy atom. The van der Waals surface area contributed by atoms with Crippen LogP contribution in [0.25, 0.3) is 11.1 Å². The molecule has 0 aliphatic rings. The molecule has 128 valence electrons. The van der Waals surface area contributed by atoms with Gasteiger partial charge in [0.2, 0.25) is 0 Å². The third-order valence-corrected chi connectivity index (χ3v) is 4.55. The summed E-state index contributed by atoms with van der Waals surface area (Å²) in [5.41, 5.74) is 5.82. The van der Waals surface area contributed by atoms with Crippen LogP contribution in [0.15, 0.2) is 41.4 Å². The number of benzene rings is 2. The van der Waals surface area contributed by atoms with Gasteiger partial charge in [-0.1, -0.05) is 56.6 Å². The van der Waals surface area contributed by atoms with Gasteiger partial charge >= 0.3 is 0 Å². The van der Waals surface area contributed by atoms with E-state index in [0.717, 1.165) is 17.8 Å². The van der Waals surface area contributed by atoms with Crippen molar-refractivity contribution >= 4 is 23.6 Å². The summed E-state index contributed by atoms with van der Waals surface area (Å²) < 4.78 is 0. The van der Waals surface area contributed by atoms with E-state index in [-0.39, 0.29) is 5.41 Å².